The van der Waals surface area contributed by atoms with Gasteiger partial charge in [0.15, 0.2) is 0 Å². The van der Waals surface area contributed by atoms with Crippen LogP contribution in [0.2, 0.25) is 0 Å². The first-order chi connectivity index (χ1) is 9.59. The molecule has 5 heteroatoms. The van der Waals surface area contributed by atoms with E-state index in [2.05, 4.69) is 4.99 Å². The minimum atomic E-state index is -0.568. The lowest BCUT2D eigenvalue weighted by Gasteiger charge is -2.11. The van der Waals surface area contributed by atoms with Crippen molar-refractivity contribution < 1.29 is 9.53 Å². The number of ether oxygens (including phenoxy) is 1. The van der Waals surface area contributed by atoms with E-state index < -0.39 is 6.04 Å². The number of nitrogens with two attached hydrogens (primary N) is 2. The number of amidine groups is 1. The molecule has 0 aliphatic rings. The zero-order valence-corrected chi connectivity index (χ0v) is 11.9. The fourth-order valence-electron chi connectivity index (χ4n) is 1.69. The van der Waals surface area contributed by atoms with Crippen molar-refractivity contribution in [2.75, 3.05) is 6.54 Å². The van der Waals surface area contributed by atoms with Crippen LogP contribution in [0, 0.1) is 0 Å². The monoisotopic (exact) mass is 277 g/mol. The molecule has 1 aromatic rings. The van der Waals surface area contributed by atoms with Crippen LogP contribution >= 0.6 is 0 Å². The van der Waals surface area contributed by atoms with E-state index in [1.54, 1.807) is 6.92 Å². The van der Waals surface area contributed by atoms with Gasteiger partial charge in [0.1, 0.15) is 12.6 Å². The SMILES string of the molecule is CC(N)=NCCCCC(N)C(=O)OCc1ccccc1. The van der Waals surface area contributed by atoms with Gasteiger partial charge in [-0.2, -0.15) is 0 Å². The Bertz CT molecular complexity index is 428. The summed E-state index contributed by atoms with van der Waals surface area (Å²) in [4.78, 5) is 15.8. The summed E-state index contributed by atoms with van der Waals surface area (Å²) < 4.78 is 5.17. The average Bonchev–Trinajstić information content (AvgIpc) is 2.45. The summed E-state index contributed by atoms with van der Waals surface area (Å²) >= 11 is 0. The van der Waals surface area contributed by atoms with Crippen LogP contribution in [0.15, 0.2) is 35.3 Å². The van der Waals surface area contributed by atoms with E-state index in [1.807, 2.05) is 30.3 Å². The second-order valence-electron chi connectivity index (χ2n) is 4.72. The number of carbonyl (C=O) groups excluding carboxylic acids is 1. The van der Waals surface area contributed by atoms with E-state index in [1.165, 1.54) is 0 Å². The predicted molar refractivity (Wildman–Crippen MR) is 80.2 cm³/mol. The summed E-state index contributed by atoms with van der Waals surface area (Å²) in [6.45, 7) is 2.70. The van der Waals surface area contributed by atoms with Crippen LogP contribution in [0.3, 0.4) is 0 Å². The number of hydrogen-bond donors (Lipinski definition) is 2. The third-order valence-corrected chi connectivity index (χ3v) is 2.81. The van der Waals surface area contributed by atoms with Crippen LogP contribution in [0.25, 0.3) is 0 Å². The molecule has 0 bridgehead atoms. The highest BCUT2D eigenvalue weighted by Crippen LogP contribution is 2.05. The van der Waals surface area contributed by atoms with Crippen molar-refractivity contribution in [1.82, 2.24) is 0 Å². The van der Waals surface area contributed by atoms with Gasteiger partial charge in [-0.25, -0.2) is 0 Å². The summed E-state index contributed by atoms with van der Waals surface area (Å²) in [5.74, 6) is 0.226. The molecule has 1 unspecified atom stereocenters. The molecule has 1 aromatic carbocycles. The highest BCUT2D eigenvalue weighted by atomic mass is 16.5. The zero-order valence-electron chi connectivity index (χ0n) is 11.9. The Morgan fingerprint density at radius 1 is 1.30 bits per heavy atom. The first-order valence-corrected chi connectivity index (χ1v) is 6.82. The molecule has 1 atom stereocenters. The van der Waals surface area contributed by atoms with E-state index in [-0.39, 0.29) is 12.6 Å². The Hall–Kier alpha value is -1.88. The number of esters is 1. The molecule has 0 fully saturated rings. The van der Waals surface area contributed by atoms with Crippen molar-refractivity contribution >= 4 is 11.8 Å². The van der Waals surface area contributed by atoms with Crippen LogP contribution in [0.5, 0.6) is 0 Å². The lowest BCUT2D eigenvalue weighted by molar-refractivity contribution is -0.146. The van der Waals surface area contributed by atoms with Gasteiger partial charge in [0, 0.05) is 6.54 Å². The summed E-state index contributed by atoms with van der Waals surface area (Å²) in [7, 11) is 0. The molecular formula is C15H23N3O2. The minimum absolute atomic E-state index is 0.268. The van der Waals surface area contributed by atoms with Crippen molar-refractivity contribution in [2.24, 2.45) is 16.5 Å². The number of rotatable bonds is 8. The van der Waals surface area contributed by atoms with Crippen LogP contribution in [0.4, 0.5) is 0 Å². The number of nitrogens with zero attached hydrogens (tertiary/aromatic N) is 1. The minimum Gasteiger partial charge on any atom is -0.460 e. The highest BCUT2D eigenvalue weighted by Gasteiger charge is 2.14. The van der Waals surface area contributed by atoms with E-state index in [0.717, 1.165) is 18.4 Å². The van der Waals surface area contributed by atoms with Gasteiger partial charge >= 0.3 is 5.97 Å². The standard InChI is InChI=1S/C15H23N3O2/c1-12(16)18-10-6-5-9-14(17)15(19)20-11-13-7-3-2-4-8-13/h2-4,7-8,14H,5-6,9-11,17H2,1H3,(H2,16,18). The molecule has 4 N–H and O–H groups in total. The third kappa shape index (κ3) is 6.89. The molecule has 0 amide bonds. The Kier molecular flexibility index (Phi) is 7.35. The largest absolute Gasteiger partial charge is 0.460 e. The van der Waals surface area contributed by atoms with E-state index >= 15 is 0 Å². The van der Waals surface area contributed by atoms with Gasteiger partial charge in [-0.05, 0) is 31.7 Å². The Morgan fingerprint density at radius 3 is 2.65 bits per heavy atom. The molecule has 0 aliphatic carbocycles. The summed E-state index contributed by atoms with van der Waals surface area (Å²) in [5, 5.41) is 0. The van der Waals surface area contributed by atoms with Gasteiger partial charge in [0.05, 0.1) is 5.84 Å². The molecule has 0 saturated heterocycles. The Balaban J connectivity index is 2.17. The molecule has 110 valence electrons. The second kappa shape index (κ2) is 9.09. The van der Waals surface area contributed by atoms with Gasteiger partial charge in [-0.3, -0.25) is 9.79 Å². The zero-order chi connectivity index (χ0) is 14.8. The quantitative estimate of drug-likeness (QED) is 0.327. The first-order valence-electron chi connectivity index (χ1n) is 6.82. The second-order valence-corrected chi connectivity index (χ2v) is 4.72. The maximum Gasteiger partial charge on any atom is 0.323 e. The Labute approximate surface area is 120 Å². The number of hydrogen-bond acceptors (Lipinski definition) is 4. The van der Waals surface area contributed by atoms with Gasteiger partial charge in [0.2, 0.25) is 0 Å². The van der Waals surface area contributed by atoms with Crippen molar-refractivity contribution in [1.29, 1.82) is 0 Å². The fourth-order valence-corrected chi connectivity index (χ4v) is 1.69. The molecule has 0 heterocycles. The smallest absolute Gasteiger partial charge is 0.323 e. The number of carbonyl (C=O) groups is 1. The maximum absolute atomic E-state index is 11.7. The predicted octanol–water partition coefficient (Wildman–Crippen LogP) is 1.60. The van der Waals surface area contributed by atoms with Crippen molar-refractivity contribution in [3.63, 3.8) is 0 Å². The normalized spacial score (nSPS) is 13.0. The van der Waals surface area contributed by atoms with E-state index in [0.29, 0.717) is 18.8 Å². The first kappa shape index (κ1) is 16.2. The summed E-state index contributed by atoms with van der Waals surface area (Å²) in [6.07, 6.45) is 2.30. The maximum atomic E-state index is 11.7. The lowest BCUT2D eigenvalue weighted by Crippen LogP contribution is -2.32. The van der Waals surface area contributed by atoms with E-state index in [4.69, 9.17) is 16.2 Å². The molecule has 0 spiro atoms. The molecule has 0 saturated carbocycles. The van der Waals surface area contributed by atoms with Gasteiger partial charge in [-0.1, -0.05) is 30.3 Å². The number of benzene rings is 1. The lowest BCUT2D eigenvalue weighted by atomic mass is 10.1. The van der Waals surface area contributed by atoms with Crippen molar-refractivity contribution in [3.05, 3.63) is 35.9 Å². The fraction of sp³-hybridized carbons (Fsp3) is 0.467. The Morgan fingerprint density at radius 2 is 2.00 bits per heavy atom. The average molecular weight is 277 g/mol. The van der Waals surface area contributed by atoms with Gasteiger partial charge in [-0.15, -0.1) is 0 Å². The number of aliphatic imine (C=N–C) groups is 1. The van der Waals surface area contributed by atoms with Crippen LogP contribution < -0.4 is 11.5 Å². The number of unbranched alkanes of at least 4 members (excludes halogenated alkanes) is 1. The summed E-state index contributed by atoms with van der Waals surface area (Å²) in [6, 6.07) is 8.98. The molecule has 5 nitrogen and oxygen atoms in total. The third-order valence-electron chi connectivity index (χ3n) is 2.81. The van der Waals surface area contributed by atoms with Crippen molar-refractivity contribution in [2.45, 2.75) is 38.8 Å². The highest BCUT2D eigenvalue weighted by molar-refractivity contribution is 5.77. The molecule has 0 radical (unpaired) electrons. The van der Waals surface area contributed by atoms with Crippen LogP contribution in [0.1, 0.15) is 31.7 Å². The molecule has 1 rings (SSSR count). The molecule has 20 heavy (non-hydrogen) atoms. The molecule has 0 aliphatic heterocycles. The van der Waals surface area contributed by atoms with Crippen molar-refractivity contribution in [3.8, 4) is 0 Å². The van der Waals surface area contributed by atoms with Gasteiger partial charge in [0.25, 0.3) is 0 Å². The summed E-state index contributed by atoms with van der Waals surface area (Å²) in [5.41, 5.74) is 12.2. The topological polar surface area (TPSA) is 90.7 Å². The van der Waals surface area contributed by atoms with Gasteiger partial charge < -0.3 is 16.2 Å². The van der Waals surface area contributed by atoms with E-state index in [9.17, 15) is 4.79 Å². The van der Waals surface area contributed by atoms with Crippen LogP contribution in [-0.2, 0) is 16.1 Å². The molecular weight excluding hydrogens is 254 g/mol. The molecule has 0 aromatic heterocycles. The van der Waals surface area contributed by atoms with Crippen LogP contribution in [-0.4, -0.2) is 24.4 Å².